The molecule has 0 saturated heterocycles. The number of hydrogen-bond donors (Lipinski definition) is 0. The molecule has 0 fully saturated rings. The number of nitrogens with zero attached hydrogens (tertiary/aromatic N) is 3. The monoisotopic (exact) mass is 351 g/mol. The molecule has 1 amide bonds. The molecule has 136 valence electrons. The third-order valence-corrected chi connectivity index (χ3v) is 4.46. The number of ether oxygens (including phenoxy) is 1. The number of aromatic nitrogens is 1. The molecule has 0 aliphatic carbocycles. The maximum Gasteiger partial charge on any atom is 0.268 e. The van der Waals surface area contributed by atoms with Gasteiger partial charge >= 0.3 is 0 Å². The minimum atomic E-state index is -0.364. The van der Waals surface area contributed by atoms with Gasteiger partial charge in [0.25, 0.3) is 5.91 Å². The molecule has 0 aliphatic heterocycles. The predicted octanol–water partition coefficient (Wildman–Crippen LogP) is 4.09. The number of amides is 1. The van der Waals surface area contributed by atoms with Gasteiger partial charge in [-0.25, -0.2) is 0 Å². The number of benzene rings is 1. The second-order valence-electron chi connectivity index (χ2n) is 6.18. The van der Waals surface area contributed by atoms with Gasteiger partial charge in [-0.15, -0.1) is 0 Å². The fourth-order valence-corrected chi connectivity index (χ4v) is 3.04. The standard InChI is InChI=1S/C21H25N3O2/c1-6-11-24-15(2)12-17(16(24)3)13-18(14-22)21(25)23(4)19-9-7-8-10-20(19)26-5/h7-10,12-13H,6,11H2,1-5H3/b18-13+. The highest BCUT2D eigenvalue weighted by Crippen LogP contribution is 2.28. The molecule has 1 aromatic heterocycles. The van der Waals surface area contributed by atoms with Crippen molar-refractivity contribution in [2.24, 2.45) is 0 Å². The molecule has 0 spiro atoms. The maximum atomic E-state index is 12.8. The number of aryl methyl sites for hydroxylation is 1. The second-order valence-corrected chi connectivity index (χ2v) is 6.18. The van der Waals surface area contributed by atoms with Crippen LogP contribution in [0.5, 0.6) is 5.75 Å². The van der Waals surface area contributed by atoms with Gasteiger partial charge in [0.15, 0.2) is 0 Å². The van der Waals surface area contributed by atoms with Crippen molar-refractivity contribution in [1.29, 1.82) is 5.26 Å². The Labute approximate surface area is 155 Å². The average Bonchev–Trinajstić information content (AvgIpc) is 2.92. The predicted molar refractivity (Wildman–Crippen MR) is 104 cm³/mol. The van der Waals surface area contributed by atoms with E-state index < -0.39 is 0 Å². The Hall–Kier alpha value is -3.00. The smallest absolute Gasteiger partial charge is 0.268 e. The molecule has 0 aliphatic rings. The zero-order valence-corrected chi connectivity index (χ0v) is 16.0. The Balaban J connectivity index is 2.39. The van der Waals surface area contributed by atoms with Crippen LogP contribution in [0.4, 0.5) is 5.69 Å². The summed E-state index contributed by atoms with van der Waals surface area (Å²) < 4.78 is 7.52. The van der Waals surface area contributed by atoms with Gasteiger partial charge < -0.3 is 14.2 Å². The molecule has 0 saturated carbocycles. The molecule has 0 unspecified atom stereocenters. The first kappa shape index (κ1) is 19.3. The number of likely N-dealkylation sites (N-methyl/N-ethyl adjacent to an activating group) is 1. The summed E-state index contributed by atoms with van der Waals surface area (Å²) in [6, 6.07) is 11.3. The first-order valence-electron chi connectivity index (χ1n) is 8.64. The molecule has 5 heteroatoms. The van der Waals surface area contributed by atoms with E-state index in [2.05, 4.69) is 11.5 Å². The lowest BCUT2D eigenvalue weighted by Crippen LogP contribution is -2.27. The average molecular weight is 351 g/mol. The number of hydrogen-bond acceptors (Lipinski definition) is 3. The molecule has 5 nitrogen and oxygen atoms in total. The van der Waals surface area contributed by atoms with E-state index in [1.807, 2.05) is 38.1 Å². The summed E-state index contributed by atoms with van der Waals surface area (Å²) in [6.45, 7) is 7.09. The second kappa shape index (κ2) is 8.39. The molecule has 1 aromatic carbocycles. The normalized spacial score (nSPS) is 11.2. The van der Waals surface area contributed by atoms with Crippen LogP contribution in [0.1, 0.15) is 30.3 Å². The SMILES string of the molecule is CCCn1c(C)cc(/C=C(\C#N)C(=O)N(C)c2ccccc2OC)c1C. The number of anilines is 1. The van der Waals surface area contributed by atoms with Crippen LogP contribution in [0.2, 0.25) is 0 Å². The summed E-state index contributed by atoms with van der Waals surface area (Å²) in [6.07, 6.45) is 2.70. The summed E-state index contributed by atoms with van der Waals surface area (Å²) >= 11 is 0. The van der Waals surface area contributed by atoms with Crippen LogP contribution in [0.15, 0.2) is 35.9 Å². The van der Waals surface area contributed by atoms with Crippen molar-refractivity contribution in [2.45, 2.75) is 33.7 Å². The van der Waals surface area contributed by atoms with Crippen molar-refractivity contribution in [3.8, 4) is 11.8 Å². The van der Waals surface area contributed by atoms with E-state index in [4.69, 9.17) is 4.74 Å². The number of para-hydroxylation sites is 2. The van der Waals surface area contributed by atoms with E-state index in [0.717, 1.165) is 29.9 Å². The van der Waals surface area contributed by atoms with Crippen LogP contribution in [-0.4, -0.2) is 24.6 Å². The molecule has 1 heterocycles. The van der Waals surface area contributed by atoms with E-state index in [9.17, 15) is 10.1 Å². The number of methoxy groups -OCH3 is 1. The summed E-state index contributed by atoms with van der Waals surface area (Å²) in [4.78, 5) is 14.3. The highest BCUT2D eigenvalue weighted by Gasteiger charge is 2.20. The van der Waals surface area contributed by atoms with Crippen LogP contribution in [0.25, 0.3) is 6.08 Å². The Bertz CT molecular complexity index is 872. The van der Waals surface area contributed by atoms with Crippen molar-refractivity contribution in [2.75, 3.05) is 19.1 Å². The zero-order chi connectivity index (χ0) is 19.3. The van der Waals surface area contributed by atoms with Gasteiger partial charge in [0, 0.05) is 25.0 Å². The van der Waals surface area contributed by atoms with E-state index in [1.165, 1.54) is 4.90 Å². The molecule has 0 N–H and O–H groups in total. The molecule has 26 heavy (non-hydrogen) atoms. The van der Waals surface area contributed by atoms with Crippen molar-refractivity contribution in [3.63, 3.8) is 0 Å². The summed E-state index contributed by atoms with van der Waals surface area (Å²) in [5.41, 5.74) is 3.80. The first-order valence-corrected chi connectivity index (χ1v) is 8.64. The largest absolute Gasteiger partial charge is 0.495 e. The number of carbonyl (C=O) groups is 1. The molecular formula is C21H25N3O2. The number of carbonyl (C=O) groups excluding carboxylic acids is 1. The first-order chi connectivity index (χ1) is 12.4. The third-order valence-electron chi connectivity index (χ3n) is 4.46. The lowest BCUT2D eigenvalue weighted by Gasteiger charge is -2.19. The molecule has 0 atom stereocenters. The van der Waals surface area contributed by atoms with Gasteiger partial charge in [-0.1, -0.05) is 19.1 Å². The van der Waals surface area contributed by atoms with Crippen molar-refractivity contribution in [1.82, 2.24) is 4.57 Å². The number of rotatable bonds is 6. The quantitative estimate of drug-likeness (QED) is 0.582. The van der Waals surface area contributed by atoms with Gasteiger partial charge in [-0.05, 0) is 50.1 Å². The molecule has 0 bridgehead atoms. The van der Waals surface area contributed by atoms with E-state index in [1.54, 1.807) is 32.4 Å². The van der Waals surface area contributed by atoms with Crippen LogP contribution >= 0.6 is 0 Å². The Kier molecular flexibility index (Phi) is 6.24. The zero-order valence-electron chi connectivity index (χ0n) is 16.0. The van der Waals surface area contributed by atoms with E-state index >= 15 is 0 Å². The van der Waals surface area contributed by atoms with Crippen molar-refractivity contribution >= 4 is 17.7 Å². The van der Waals surface area contributed by atoms with Gasteiger partial charge in [-0.3, -0.25) is 4.79 Å². The summed E-state index contributed by atoms with van der Waals surface area (Å²) in [7, 11) is 3.20. The van der Waals surface area contributed by atoms with Crippen LogP contribution in [0.3, 0.4) is 0 Å². The lowest BCUT2D eigenvalue weighted by atomic mass is 10.1. The highest BCUT2D eigenvalue weighted by molar-refractivity contribution is 6.11. The maximum absolute atomic E-state index is 12.8. The minimum Gasteiger partial charge on any atom is -0.495 e. The molecule has 2 rings (SSSR count). The fraction of sp³-hybridized carbons (Fsp3) is 0.333. The van der Waals surface area contributed by atoms with Gasteiger partial charge in [0.2, 0.25) is 0 Å². The van der Waals surface area contributed by atoms with Gasteiger partial charge in [0.05, 0.1) is 12.8 Å². The van der Waals surface area contributed by atoms with Crippen LogP contribution in [-0.2, 0) is 11.3 Å². The van der Waals surface area contributed by atoms with Gasteiger partial charge in [-0.2, -0.15) is 5.26 Å². The Morgan fingerprint density at radius 1 is 1.35 bits per heavy atom. The van der Waals surface area contributed by atoms with Crippen molar-refractivity contribution < 1.29 is 9.53 Å². The number of nitriles is 1. The van der Waals surface area contributed by atoms with Crippen molar-refractivity contribution in [3.05, 3.63) is 52.9 Å². The summed E-state index contributed by atoms with van der Waals surface area (Å²) in [5, 5.41) is 9.55. The Morgan fingerprint density at radius 3 is 2.65 bits per heavy atom. The molecule has 0 radical (unpaired) electrons. The van der Waals surface area contributed by atoms with E-state index in [0.29, 0.717) is 11.4 Å². The minimum absolute atomic E-state index is 0.0927. The van der Waals surface area contributed by atoms with Gasteiger partial charge in [0.1, 0.15) is 17.4 Å². The fourth-order valence-electron chi connectivity index (χ4n) is 3.04. The Morgan fingerprint density at radius 2 is 2.04 bits per heavy atom. The van der Waals surface area contributed by atoms with Crippen LogP contribution in [0, 0.1) is 25.2 Å². The third kappa shape index (κ3) is 3.80. The molecule has 2 aromatic rings. The van der Waals surface area contributed by atoms with Crippen LogP contribution < -0.4 is 9.64 Å². The highest BCUT2D eigenvalue weighted by atomic mass is 16.5. The molecular weight excluding hydrogens is 326 g/mol. The van der Waals surface area contributed by atoms with E-state index in [-0.39, 0.29) is 11.5 Å². The lowest BCUT2D eigenvalue weighted by molar-refractivity contribution is -0.114. The summed E-state index contributed by atoms with van der Waals surface area (Å²) in [5.74, 6) is 0.221. The topological polar surface area (TPSA) is 58.3 Å².